The second-order valence-electron chi connectivity index (χ2n) is 3.10. The fourth-order valence-electron chi connectivity index (χ4n) is 1.21. The van der Waals surface area contributed by atoms with Crippen LogP contribution in [0, 0.1) is 6.92 Å². The summed E-state index contributed by atoms with van der Waals surface area (Å²) >= 11 is 0. The maximum Gasteiger partial charge on any atom is 0.119 e. The van der Waals surface area contributed by atoms with Crippen molar-refractivity contribution in [3.05, 3.63) is 36.8 Å². The third-order valence-corrected chi connectivity index (χ3v) is 1.84. The molecule has 1 aromatic rings. The Kier molecular flexibility index (Phi) is 7.89. The second kappa shape index (κ2) is 8.05. The molecule has 14 heavy (non-hydrogen) atoms. The molecule has 1 nitrogen and oxygen atoms in total. The van der Waals surface area contributed by atoms with Gasteiger partial charge in [0.15, 0.2) is 0 Å². The van der Waals surface area contributed by atoms with E-state index in [0.717, 1.165) is 31.6 Å². The fourth-order valence-corrected chi connectivity index (χ4v) is 1.21. The summed E-state index contributed by atoms with van der Waals surface area (Å²) in [6.45, 7) is 6.74. The van der Waals surface area contributed by atoms with Gasteiger partial charge in [0.2, 0.25) is 0 Å². The molecular formula is C12H17OW-. The van der Waals surface area contributed by atoms with Gasteiger partial charge in [-0.05, 0) is 24.1 Å². The predicted octanol–water partition coefficient (Wildman–Crippen LogP) is 3.24. The van der Waals surface area contributed by atoms with Crippen LogP contribution in [-0.4, -0.2) is 6.61 Å². The molecule has 0 spiro atoms. The molecule has 0 saturated carbocycles. The van der Waals surface area contributed by atoms with Gasteiger partial charge in [-0.25, -0.2) is 0 Å². The van der Waals surface area contributed by atoms with E-state index in [2.05, 4.69) is 26.0 Å². The molecule has 1 aromatic carbocycles. The molecule has 0 fully saturated rings. The average molecular weight is 361 g/mol. The molecule has 0 aromatic heterocycles. The number of ether oxygens (including phenoxy) is 1. The summed E-state index contributed by atoms with van der Waals surface area (Å²) in [5, 5.41) is 0. The van der Waals surface area contributed by atoms with Crippen molar-refractivity contribution in [2.24, 2.45) is 0 Å². The quantitative estimate of drug-likeness (QED) is 0.732. The van der Waals surface area contributed by atoms with Crippen molar-refractivity contribution in [1.29, 1.82) is 0 Å². The monoisotopic (exact) mass is 361 g/mol. The van der Waals surface area contributed by atoms with Crippen LogP contribution in [0.4, 0.5) is 0 Å². The van der Waals surface area contributed by atoms with E-state index < -0.39 is 0 Å². The minimum atomic E-state index is 0. The molecule has 0 unspecified atom stereocenters. The van der Waals surface area contributed by atoms with Gasteiger partial charge in [-0.1, -0.05) is 25.5 Å². The van der Waals surface area contributed by atoms with Gasteiger partial charge in [0, 0.05) is 21.1 Å². The van der Waals surface area contributed by atoms with Crippen LogP contribution < -0.4 is 4.74 Å². The average Bonchev–Trinajstić information content (AvgIpc) is 2.16. The third kappa shape index (κ3) is 4.81. The molecule has 0 aliphatic carbocycles. The van der Waals surface area contributed by atoms with Crippen molar-refractivity contribution in [3.8, 4) is 5.75 Å². The van der Waals surface area contributed by atoms with Gasteiger partial charge in [0.1, 0.15) is 5.75 Å². The molecule has 0 aliphatic rings. The zero-order valence-corrected chi connectivity index (χ0v) is 11.6. The molecule has 0 atom stereocenters. The molecule has 0 bridgehead atoms. The standard InChI is InChI=1S/C12H17O.W/c1-3-6-11-7-5-8-12(10-11)13-9-4-2;/h5,7-8,10H,1,3-4,6,9H2,2H3;/q-1;. The van der Waals surface area contributed by atoms with E-state index in [-0.39, 0.29) is 21.1 Å². The molecule has 0 aliphatic heterocycles. The van der Waals surface area contributed by atoms with Crippen LogP contribution in [0.2, 0.25) is 0 Å². The van der Waals surface area contributed by atoms with E-state index >= 15 is 0 Å². The van der Waals surface area contributed by atoms with E-state index in [1.54, 1.807) is 0 Å². The first kappa shape index (κ1) is 13.7. The molecule has 0 N–H and O–H groups in total. The topological polar surface area (TPSA) is 9.23 Å². The van der Waals surface area contributed by atoms with Crippen LogP contribution in [0.25, 0.3) is 0 Å². The van der Waals surface area contributed by atoms with E-state index in [4.69, 9.17) is 4.74 Å². The molecule has 0 heterocycles. The fraction of sp³-hybridized carbons (Fsp3) is 0.417. The van der Waals surface area contributed by atoms with E-state index in [0.29, 0.717) is 0 Å². The van der Waals surface area contributed by atoms with Gasteiger partial charge in [-0.15, -0.1) is 0 Å². The molecule has 0 saturated heterocycles. The predicted molar refractivity (Wildman–Crippen MR) is 55.9 cm³/mol. The largest absolute Gasteiger partial charge is 0.494 e. The van der Waals surface area contributed by atoms with E-state index in [1.807, 2.05) is 12.1 Å². The van der Waals surface area contributed by atoms with Crippen molar-refractivity contribution in [2.45, 2.75) is 26.2 Å². The molecular weight excluding hydrogens is 344 g/mol. The minimum Gasteiger partial charge on any atom is -0.494 e. The number of hydrogen-bond donors (Lipinski definition) is 0. The van der Waals surface area contributed by atoms with Crippen molar-refractivity contribution >= 4 is 0 Å². The Labute approximate surface area is 101 Å². The summed E-state index contributed by atoms with van der Waals surface area (Å²) in [5.41, 5.74) is 1.31. The Morgan fingerprint density at radius 3 is 2.79 bits per heavy atom. The first-order valence-corrected chi connectivity index (χ1v) is 4.87. The Balaban J connectivity index is 0.00000169. The maximum atomic E-state index is 5.52. The van der Waals surface area contributed by atoms with Crippen LogP contribution in [0.3, 0.4) is 0 Å². The van der Waals surface area contributed by atoms with Gasteiger partial charge in [-0.3, -0.25) is 0 Å². The van der Waals surface area contributed by atoms with Gasteiger partial charge in [0.05, 0.1) is 6.61 Å². The van der Waals surface area contributed by atoms with Gasteiger partial charge >= 0.3 is 0 Å². The van der Waals surface area contributed by atoms with Gasteiger partial charge in [0.25, 0.3) is 0 Å². The number of rotatable bonds is 5. The third-order valence-electron chi connectivity index (χ3n) is 1.84. The Bertz CT molecular complexity index is 248. The summed E-state index contributed by atoms with van der Waals surface area (Å²) in [4.78, 5) is 0. The molecule has 2 heteroatoms. The van der Waals surface area contributed by atoms with E-state index in [1.165, 1.54) is 5.56 Å². The summed E-state index contributed by atoms with van der Waals surface area (Å²) in [7, 11) is 0. The maximum absolute atomic E-state index is 5.52. The Morgan fingerprint density at radius 1 is 1.36 bits per heavy atom. The second-order valence-corrected chi connectivity index (χ2v) is 3.10. The van der Waals surface area contributed by atoms with Crippen LogP contribution in [0.5, 0.6) is 5.75 Å². The summed E-state index contributed by atoms with van der Waals surface area (Å²) in [5.74, 6) is 0.979. The SMILES string of the molecule is [CH2-]CCc1cccc(OCCC)c1.[W]. The normalized spacial score (nSPS) is 9.29. The summed E-state index contributed by atoms with van der Waals surface area (Å²) in [6.07, 6.45) is 3.03. The number of aryl methyl sites for hydroxylation is 1. The van der Waals surface area contributed by atoms with Crippen molar-refractivity contribution < 1.29 is 25.8 Å². The number of hydrogen-bond acceptors (Lipinski definition) is 1. The first-order valence-electron chi connectivity index (χ1n) is 4.87. The molecule has 0 amide bonds. The van der Waals surface area contributed by atoms with Crippen LogP contribution >= 0.6 is 0 Å². The molecule has 0 radical (unpaired) electrons. The van der Waals surface area contributed by atoms with Gasteiger partial charge < -0.3 is 11.7 Å². The minimum absolute atomic E-state index is 0. The van der Waals surface area contributed by atoms with Crippen molar-refractivity contribution in [3.63, 3.8) is 0 Å². The van der Waals surface area contributed by atoms with Crippen LogP contribution in [0.15, 0.2) is 24.3 Å². The molecule has 1 rings (SSSR count). The van der Waals surface area contributed by atoms with E-state index in [9.17, 15) is 0 Å². The zero-order valence-electron chi connectivity index (χ0n) is 8.66. The van der Waals surface area contributed by atoms with Crippen LogP contribution in [-0.2, 0) is 27.5 Å². The first-order chi connectivity index (χ1) is 6.36. The smallest absolute Gasteiger partial charge is 0.119 e. The number of benzene rings is 1. The summed E-state index contributed by atoms with van der Waals surface area (Å²) in [6, 6.07) is 8.25. The Morgan fingerprint density at radius 2 is 2.14 bits per heavy atom. The van der Waals surface area contributed by atoms with Crippen molar-refractivity contribution in [1.82, 2.24) is 0 Å². The van der Waals surface area contributed by atoms with Crippen molar-refractivity contribution in [2.75, 3.05) is 6.61 Å². The van der Waals surface area contributed by atoms with Crippen LogP contribution in [0.1, 0.15) is 25.3 Å². The zero-order chi connectivity index (χ0) is 9.52. The molecule has 78 valence electrons. The summed E-state index contributed by atoms with van der Waals surface area (Å²) < 4.78 is 5.52. The Hall–Kier alpha value is -0.292. The van der Waals surface area contributed by atoms with Gasteiger partial charge in [-0.2, -0.15) is 6.42 Å².